The van der Waals surface area contributed by atoms with Gasteiger partial charge in [-0.05, 0) is 55.5 Å². The van der Waals surface area contributed by atoms with Gasteiger partial charge in [0.15, 0.2) is 12.3 Å². The summed E-state index contributed by atoms with van der Waals surface area (Å²) in [6, 6.07) is 9.71. The molecule has 0 aliphatic carbocycles. The highest BCUT2D eigenvalue weighted by atomic mass is 16.4. The van der Waals surface area contributed by atoms with Crippen LogP contribution >= 0.6 is 0 Å². The number of nitrogens with two attached hydrogens (primary N) is 3. The monoisotopic (exact) mass is 828 g/mol. The molecule has 2 aromatic rings. The number of carbonyl (C=O) groups excluding carboxylic acids is 8. The number of carbonyl (C=O) groups is 8. The average molecular weight is 829 g/mol. The number of unbranched alkanes of at least 4 members (excludes halogenated alkanes) is 1. The van der Waals surface area contributed by atoms with Crippen LogP contribution in [-0.4, -0.2) is 130 Å². The predicted octanol–water partition coefficient (Wildman–Crippen LogP) is -5.55. The fourth-order valence-corrected chi connectivity index (χ4v) is 5.10. The number of nitrogens with one attached hydrogen (secondary N) is 7. The Bertz CT molecular complexity index is 1780. The van der Waals surface area contributed by atoms with Gasteiger partial charge in [0.25, 0.3) is 17.7 Å². The minimum atomic E-state index is -1.98. The molecule has 0 bridgehead atoms. The largest absolute Gasteiger partial charge is 0.475 e. The fraction of sp³-hybridized carbons (Fsp3) is 0.444. The van der Waals surface area contributed by atoms with Crippen molar-refractivity contribution in [1.82, 2.24) is 37.2 Å². The normalized spacial score (nSPS) is 14.4. The van der Waals surface area contributed by atoms with E-state index >= 15 is 0 Å². The van der Waals surface area contributed by atoms with Gasteiger partial charge in [-0.2, -0.15) is 0 Å². The summed E-state index contributed by atoms with van der Waals surface area (Å²) < 4.78 is 0. The zero-order chi connectivity index (χ0) is 44.4. The van der Waals surface area contributed by atoms with E-state index in [1.165, 1.54) is 12.5 Å². The summed E-state index contributed by atoms with van der Waals surface area (Å²) >= 11 is 0. The molecule has 0 spiro atoms. The van der Waals surface area contributed by atoms with Gasteiger partial charge >= 0.3 is 7.12 Å². The van der Waals surface area contributed by atoms with Gasteiger partial charge in [-0.3, -0.25) is 38.4 Å². The molecule has 7 unspecified atom stereocenters. The summed E-state index contributed by atoms with van der Waals surface area (Å²) in [5, 5.41) is 53.2. The van der Waals surface area contributed by atoms with Gasteiger partial charge < -0.3 is 74.7 Å². The van der Waals surface area contributed by atoms with Crippen LogP contribution in [0.3, 0.4) is 0 Å². The summed E-state index contributed by atoms with van der Waals surface area (Å²) in [5.41, 5.74) is 19.8. The fourth-order valence-electron chi connectivity index (χ4n) is 5.10. The van der Waals surface area contributed by atoms with E-state index < -0.39 is 116 Å². The number of amides is 8. The van der Waals surface area contributed by atoms with Crippen LogP contribution < -0.4 is 54.4 Å². The SMILES string of the molecule is CCCCc1ccc(-c2ccc(C(=O)NC(CO)C(=O)NC(N)C(=O)NCC(=O)NC(C(=O)NC(N)C(=O)NC(CC(N)=O)C(=O)NC(C)B(O)O)C(C)O)cc2)cc1. The van der Waals surface area contributed by atoms with Gasteiger partial charge in [0.1, 0.15) is 18.1 Å². The molecule has 2 rings (SSSR count). The molecule has 0 aliphatic rings. The second-order valence-electron chi connectivity index (χ2n) is 13.5. The molecule has 322 valence electrons. The van der Waals surface area contributed by atoms with E-state index in [-0.39, 0.29) is 5.56 Å². The van der Waals surface area contributed by atoms with Crippen molar-refractivity contribution in [3.8, 4) is 11.1 Å². The number of benzene rings is 2. The van der Waals surface area contributed by atoms with Crippen molar-refractivity contribution in [3.05, 3.63) is 59.7 Å². The van der Waals surface area contributed by atoms with Crippen LogP contribution in [0.1, 0.15) is 56.0 Å². The lowest BCUT2D eigenvalue weighted by atomic mass is 9.81. The van der Waals surface area contributed by atoms with Crippen molar-refractivity contribution >= 4 is 54.4 Å². The van der Waals surface area contributed by atoms with Crippen molar-refractivity contribution in [2.24, 2.45) is 17.2 Å². The molecule has 0 saturated heterocycles. The maximum Gasteiger partial charge on any atom is 0.475 e. The van der Waals surface area contributed by atoms with E-state index in [0.29, 0.717) is 0 Å². The van der Waals surface area contributed by atoms with Crippen molar-refractivity contribution in [3.63, 3.8) is 0 Å². The molecule has 0 aromatic heterocycles. The molecule has 0 fully saturated rings. The third-order valence-corrected chi connectivity index (χ3v) is 8.58. The molecule has 0 radical (unpaired) electrons. The molecule has 59 heavy (non-hydrogen) atoms. The first-order valence-corrected chi connectivity index (χ1v) is 18.5. The first-order valence-electron chi connectivity index (χ1n) is 18.5. The zero-order valence-electron chi connectivity index (χ0n) is 32.8. The van der Waals surface area contributed by atoms with Gasteiger partial charge in [0.2, 0.25) is 29.5 Å². The molecule has 0 aliphatic heterocycles. The lowest BCUT2D eigenvalue weighted by molar-refractivity contribution is -0.136. The Hall–Kier alpha value is -5.98. The van der Waals surface area contributed by atoms with Crippen LogP contribution in [0, 0.1) is 0 Å². The lowest BCUT2D eigenvalue weighted by Crippen LogP contribution is -2.62. The Kier molecular flexibility index (Phi) is 20.1. The van der Waals surface area contributed by atoms with E-state index in [1.54, 1.807) is 24.3 Å². The minimum absolute atomic E-state index is 0.187. The second kappa shape index (κ2) is 24.1. The summed E-state index contributed by atoms with van der Waals surface area (Å²) in [6.07, 6.45) is -2.86. The first-order chi connectivity index (χ1) is 27.8. The number of rotatable bonds is 23. The highest BCUT2D eigenvalue weighted by Gasteiger charge is 2.32. The number of primary amides is 1. The van der Waals surface area contributed by atoms with Crippen molar-refractivity contribution < 1.29 is 58.6 Å². The van der Waals surface area contributed by atoms with Crippen molar-refractivity contribution in [2.75, 3.05) is 13.2 Å². The number of hydrogen-bond acceptors (Lipinski definition) is 14. The third-order valence-electron chi connectivity index (χ3n) is 8.58. The van der Waals surface area contributed by atoms with Crippen LogP contribution in [0.4, 0.5) is 0 Å². The van der Waals surface area contributed by atoms with Gasteiger partial charge in [-0.15, -0.1) is 0 Å². The maximum atomic E-state index is 12.9. The van der Waals surface area contributed by atoms with Gasteiger partial charge in [-0.25, -0.2) is 0 Å². The molecule has 0 saturated carbocycles. The molecular weight excluding hydrogens is 775 g/mol. The molecule has 8 amide bonds. The van der Waals surface area contributed by atoms with Crippen LogP contribution in [0.25, 0.3) is 11.1 Å². The van der Waals surface area contributed by atoms with E-state index in [0.717, 1.165) is 37.3 Å². The Labute approximate surface area is 339 Å². The second-order valence-corrected chi connectivity index (χ2v) is 13.5. The highest BCUT2D eigenvalue weighted by molar-refractivity contribution is 6.43. The van der Waals surface area contributed by atoms with Gasteiger partial charge in [-0.1, -0.05) is 49.7 Å². The molecule has 23 heteroatoms. The molecule has 2 aromatic carbocycles. The van der Waals surface area contributed by atoms with E-state index in [9.17, 15) is 58.6 Å². The van der Waals surface area contributed by atoms with Crippen molar-refractivity contribution in [2.45, 2.75) is 89.0 Å². The van der Waals surface area contributed by atoms with Crippen LogP contribution in [0.5, 0.6) is 0 Å². The Balaban J connectivity index is 1.90. The number of aliphatic hydroxyl groups is 2. The molecular formula is C36H53BN10O12. The minimum Gasteiger partial charge on any atom is -0.426 e. The Morgan fingerprint density at radius 3 is 1.76 bits per heavy atom. The molecule has 22 nitrogen and oxygen atoms in total. The number of aliphatic hydroxyl groups excluding tert-OH is 2. The van der Waals surface area contributed by atoms with Crippen LogP contribution in [0.2, 0.25) is 0 Å². The lowest BCUT2D eigenvalue weighted by Gasteiger charge is -2.25. The number of hydrogen-bond donors (Lipinski definition) is 14. The third kappa shape index (κ3) is 16.4. The average Bonchev–Trinajstić information content (AvgIpc) is 3.19. The molecule has 17 N–H and O–H groups in total. The van der Waals surface area contributed by atoms with Gasteiger partial charge in [0, 0.05) is 5.56 Å². The standard InChI is InChI=1S/C36H53BN10O12/c1-4-5-6-20-7-9-21(10-8-20)22-11-13-23(14-12-22)31(52)44-25(17-48)33(54)46-29(39)35(56)41-16-27(51)45-28(18(2)49)34(55)47-30(40)36(57)43-24(15-26(38)50)32(53)42-19(3)37(58)59/h7-14,18-19,24-25,28-30,48-49,58-59H,4-6,15-17,39-40H2,1-3H3,(H2,38,50)(H,41,56)(H,42,53)(H,43,57)(H,44,52)(H,45,51)(H,46,54)(H,47,55). The van der Waals surface area contributed by atoms with E-state index in [1.807, 2.05) is 29.6 Å². The van der Waals surface area contributed by atoms with E-state index in [4.69, 9.17) is 17.2 Å². The zero-order valence-corrected chi connectivity index (χ0v) is 32.8. The smallest absolute Gasteiger partial charge is 0.426 e. The first kappa shape index (κ1) is 49.2. The highest BCUT2D eigenvalue weighted by Crippen LogP contribution is 2.21. The Morgan fingerprint density at radius 2 is 1.24 bits per heavy atom. The topological polar surface area (TPSA) is 380 Å². The molecule has 7 atom stereocenters. The maximum absolute atomic E-state index is 12.9. The van der Waals surface area contributed by atoms with Crippen LogP contribution in [-0.2, 0) is 40.0 Å². The summed E-state index contributed by atoms with van der Waals surface area (Å²) in [7, 11) is -1.98. The quantitative estimate of drug-likeness (QED) is 0.0367. The van der Waals surface area contributed by atoms with Gasteiger partial charge in [0.05, 0.1) is 31.6 Å². The predicted molar refractivity (Wildman–Crippen MR) is 211 cm³/mol. The summed E-state index contributed by atoms with van der Waals surface area (Å²) in [5.74, 6) is -9.56. The van der Waals surface area contributed by atoms with Crippen molar-refractivity contribution in [1.29, 1.82) is 0 Å². The summed E-state index contributed by atoms with van der Waals surface area (Å²) in [4.78, 5) is 100. The van der Waals surface area contributed by atoms with E-state index in [2.05, 4.69) is 38.8 Å². The molecule has 0 heterocycles. The number of aryl methyl sites for hydroxylation is 1. The Morgan fingerprint density at radius 1 is 0.695 bits per heavy atom. The van der Waals surface area contributed by atoms with Crippen LogP contribution in [0.15, 0.2) is 48.5 Å². The summed E-state index contributed by atoms with van der Waals surface area (Å²) in [6.45, 7) is 2.75.